The largest absolute Gasteiger partial charge is 0.354 e. The van der Waals surface area contributed by atoms with E-state index in [-0.39, 0.29) is 5.91 Å². The van der Waals surface area contributed by atoms with Crippen molar-refractivity contribution in [3.05, 3.63) is 89.1 Å². The van der Waals surface area contributed by atoms with Gasteiger partial charge in [-0.15, -0.1) is 0 Å². The molecule has 0 spiro atoms. The van der Waals surface area contributed by atoms with Crippen molar-refractivity contribution in [2.45, 2.75) is 6.54 Å². The number of amides is 1. The van der Waals surface area contributed by atoms with E-state index in [4.69, 9.17) is 11.6 Å². The fourth-order valence-electron chi connectivity index (χ4n) is 3.43. The highest BCUT2D eigenvalue weighted by Gasteiger charge is 2.18. The Kier molecular flexibility index (Phi) is 6.08. The topological polar surface area (TPSA) is 48.5 Å². The maximum absolute atomic E-state index is 12.4. The van der Waals surface area contributed by atoms with Gasteiger partial charge in [0.05, 0.1) is 5.02 Å². The Morgan fingerprint density at radius 3 is 2.31 bits per heavy atom. The van der Waals surface area contributed by atoms with Gasteiger partial charge in [-0.2, -0.15) is 0 Å². The summed E-state index contributed by atoms with van der Waals surface area (Å²) in [6.45, 7) is 4.70. The number of benzene rings is 2. The summed E-state index contributed by atoms with van der Waals surface area (Å²) in [7, 11) is 0. The predicted molar refractivity (Wildman–Crippen MR) is 118 cm³/mol. The van der Waals surface area contributed by atoms with Gasteiger partial charge in [0, 0.05) is 50.2 Å². The Labute approximate surface area is 175 Å². The smallest absolute Gasteiger partial charge is 0.255 e. The highest BCUT2D eigenvalue weighted by Crippen LogP contribution is 2.17. The highest BCUT2D eigenvalue weighted by molar-refractivity contribution is 6.30. The molecular formula is C23H23ClN4O. The van der Waals surface area contributed by atoms with Gasteiger partial charge in [0.15, 0.2) is 0 Å². The van der Waals surface area contributed by atoms with Crippen LogP contribution >= 0.6 is 11.6 Å². The van der Waals surface area contributed by atoms with Gasteiger partial charge in [-0.1, -0.05) is 41.9 Å². The van der Waals surface area contributed by atoms with Crippen LogP contribution in [0.25, 0.3) is 0 Å². The van der Waals surface area contributed by atoms with Crippen LogP contribution in [0.15, 0.2) is 72.9 Å². The summed E-state index contributed by atoms with van der Waals surface area (Å²) in [6, 6.07) is 21.2. The van der Waals surface area contributed by atoms with Crippen LogP contribution in [0.3, 0.4) is 0 Å². The Bertz CT molecular complexity index is 937. The number of halogens is 1. The summed E-state index contributed by atoms with van der Waals surface area (Å²) in [6.07, 6.45) is 1.69. The standard InChI is InChI=1S/C23H23ClN4O/c24-20-10-11-22(25-16-20)28-14-12-27(13-15-28)17-18-6-8-19(9-7-18)23(29)26-21-4-2-1-3-5-21/h1-11,16H,12-15,17H2,(H,26,29). The zero-order valence-corrected chi connectivity index (χ0v) is 16.8. The lowest BCUT2D eigenvalue weighted by Crippen LogP contribution is -2.46. The van der Waals surface area contributed by atoms with Crippen molar-refractivity contribution in [2.24, 2.45) is 0 Å². The van der Waals surface area contributed by atoms with Crippen LogP contribution in [0.4, 0.5) is 11.5 Å². The fourth-order valence-corrected chi connectivity index (χ4v) is 3.55. The molecule has 0 bridgehead atoms. The van der Waals surface area contributed by atoms with E-state index in [0.29, 0.717) is 10.6 Å². The van der Waals surface area contributed by atoms with E-state index in [1.807, 2.05) is 66.7 Å². The lowest BCUT2D eigenvalue weighted by Gasteiger charge is -2.35. The number of carbonyl (C=O) groups is 1. The third kappa shape index (κ3) is 5.13. The zero-order chi connectivity index (χ0) is 20.1. The van der Waals surface area contributed by atoms with Crippen molar-refractivity contribution in [2.75, 3.05) is 36.4 Å². The molecule has 1 saturated heterocycles. The molecule has 1 fully saturated rings. The predicted octanol–water partition coefficient (Wildman–Crippen LogP) is 4.31. The molecule has 4 rings (SSSR count). The second-order valence-corrected chi connectivity index (χ2v) is 7.55. The summed E-state index contributed by atoms with van der Waals surface area (Å²) in [5, 5.41) is 3.57. The van der Waals surface area contributed by atoms with Gasteiger partial charge in [-0.05, 0) is 42.0 Å². The van der Waals surface area contributed by atoms with E-state index in [1.165, 1.54) is 5.56 Å². The minimum atomic E-state index is -0.0909. The number of hydrogen-bond donors (Lipinski definition) is 1. The van der Waals surface area contributed by atoms with Crippen LogP contribution in [0.5, 0.6) is 0 Å². The lowest BCUT2D eigenvalue weighted by molar-refractivity contribution is 0.102. The number of nitrogens with one attached hydrogen (secondary N) is 1. The van der Waals surface area contributed by atoms with Crippen LogP contribution in [-0.2, 0) is 6.54 Å². The van der Waals surface area contributed by atoms with E-state index in [1.54, 1.807) is 6.20 Å². The number of hydrogen-bond acceptors (Lipinski definition) is 4. The molecule has 1 amide bonds. The van der Waals surface area contributed by atoms with E-state index in [2.05, 4.69) is 20.1 Å². The second kappa shape index (κ2) is 9.07. The third-order valence-corrected chi connectivity index (χ3v) is 5.29. The molecule has 1 aliphatic heterocycles. The summed E-state index contributed by atoms with van der Waals surface area (Å²) >= 11 is 5.92. The van der Waals surface area contributed by atoms with E-state index >= 15 is 0 Å². The lowest BCUT2D eigenvalue weighted by atomic mass is 10.1. The molecule has 0 saturated carbocycles. The molecule has 3 aromatic rings. The van der Waals surface area contributed by atoms with Gasteiger partial charge in [-0.3, -0.25) is 9.69 Å². The quantitative estimate of drug-likeness (QED) is 0.686. The summed E-state index contributed by atoms with van der Waals surface area (Å²) in [5.41, 5.74) is 2.67. The van der Waals surface area contributed by atoms with Gasteiger partial charge >= 0.3 is 0 Å². The molecule has 0 aliphatic carbocycles. The van der Waals surface area contributed by atoms with Gasteiger partial charge in [0.2, 0.25) is 0 Å². The molecule has 1 N–H and O–H groups in total. The first-order valence-electron chi connectivity index (χ1n) is 9.71. The Hall–Kier alpha value is -2.89. The Balaban J connectivity index is 1.29. The molecular weight excluding hydrogens is 384 g/mol. The van der Waals surface area contributed by atoms with Crippen molar-refractivity contribution in [1.29, 1.82) is 0 Å². The average molecular weight is 407 g/mol. The normalized spacial score (nSPS) is 14.6. The molecule has 5 nitrogen and oxygen atoms in total. The molecule has 29 heavy (non-hydrogen) atoms. The van der Waals surface area contributed by atoms with Crippen molar-refractivity contribution in [3.8, 4) is 0 Å². The second-order valence-electron chi connectivity index (χ2n) is 7.11. The van der Waals surface area contributed by atoms with Gasteiger partial charge < -0.3 is 10.2 Å². The van der Waals surface area contributed by atoms with Crippen LogP contribution in [0.2, 0.25) is 5.02 Å². The SMILES string of the molecule is O=C(Nc1ccccc1)c1ccc(CN2CCN(c3ccc(Cl)cn3)CC2)cc1. The zero-order valence-electron chi connectivity index (χ0n) is 16.1. The number of para-hydroxylation sites is 1. The van der Waals surface area contributed by atoms with Crippen LogP contribution in [0.1, 0.15) is 15.9 Å². The van der Waals surface area contributed by atoms with Gasteiger partial charge in [0.25, 0.3) is 5.91 Å². The van der Waals surface area contributed by atoms with Crippen molar-refractivity contribution < 1.29 is 4.79 Å². The summed E-state index contributed by atoms with van der Waals surface area (Å²) < 4.78 is 0. The number of piperazine rings is 1. The number of anilines is 2. The Morgan fingerprint density at radius 1 is 0.931 bits per heavy atom. The van der Waals surface area contributed by atoms with Gasteiger partial charge in [-0.25, -0.2) is 4.98 Å². The van der Waals surface area contributed by atoms with E-state index in [0.717, 1.165) is 44.2 Å². The van der Waals surface area contributed by atoms with Crippen LogP contribution < -0.4 is 10.2 Å². The first-order valence-corrected chi connectivity index (χ1v) is 10.1. The van der Waals surface area contributed by atoms with Crippen LogP contribution in [-0.4, -0.2) is 42.0 Å². The third-order valence-electron chi connectivity index (χ3n) is 5.06. The molecule has 1 aromatic heterocycles. The fraction of sp³-hybridized carbons (Fsp3) is 0.217. The molecule has 6 heteroatoms. The van der Waals surface area contributed by atoms with Crippen LogP contribution in [0, 0.1) is 0 Å². The number of rotatable bonds is 5. The van der Waals surface area contributed by atoms with E-state index < -0.39 is 0 Å². The molecule has 0 atom stereocenters. The molecule has 2 aromatic carbocycles. The molecule has 2 heterocycles. The first-order chi connectivity index (χ1) is 14.2. The summed E-state index contributed by atoms with van der Waals surface area (Å²) in [5.74, 6) is 0.884. The van der Waals surface area contributed by atoms with Gasteiger partial charge in [0.1, 0.15) is 5.82 Å². The molecule has 0 unspecified atom stereocenters. The number of carbonyl (C=O) groups excluding carboxylic acids is 1. The average Bonchev–Trinajstić information content (AvgIpc) is 2.76. The van der Waals surface area contributed by atoms with E-state index in [9.17, 15) is 4.79 Å². The summed E-state index contributed by atoms with van der Waals surface area (Å²) in [4.78, 5) is 21.5. The molecule has 148 valence electrons. The van der Waals surface area contributed by atoms with Crippen molar-refractivity contribution in [1.82, 2.24) is 9.88 Å². The highest BCUT2D eigenvalue weighted by atomic mass is 35.5. The minimum Gasteiger partial charge on any atom is -0.354 e. The monoisotopic (exact) mass is 406 g/mol. The Morgan fingerprint density at radius 2 is 1.66 bits per heavy atom. The number of pyridine rings is 1. The maximum Gasteiger partial charge on any atom is 0.255 e. The van der Waals surface area contributed by atoms with Crippen molar-refractivity contribution in [3.63, 3.8) is 0 Å². The minimum absolute atomic E-state index is 0.0909. The molecule has 1 aliphatic rings. The number of aromatic nitrogens is 1. The van der Waals surface area contributed by atoms with Crippen molar-refractivity contribution >= 4 is 29.0 Å². The molecule has 0 radical (unpaired) electrons. The number of nitrogens with zero attached hydrogens (tertiary/aromatic N) is 3. The first kappa shape index (κ1) is 19.4. The maximum atomic E-state index is 12.4.